The van der Waals surface area contributed by atoms with Crippen molar-refractivity contribution >= 4 is 23.3 Å². The molecule has 0 atom stereocenters. The molecule has 1 amide bonds. The van der Waals surface area contributed by atoms with Gasteiger partial charge in [-0.05, 0) is 18.6 Å². The molecule has 2 aromatic carbocycles. The Kier molecular flexibility index (Phi) is 8.30. The molecule has 0 saturated carbocycles. The second-order valence-electron chi connectivity index (χ2n) is 6.72. The molecule has 2 rings (SSSR count). The molecule has 0 bridgehead atoms. The van der Waals surface area contributed by atoms with E-state index in [9.17, 15) is 19.7 Å². The molecule has 0 aliphatic carbocycles. The highest BCUT2D eigenvalue weighted by molar-refractivity contribution is 5.97. The summed E-state index contributed by atoms with van der Waals surface area (Å²) in [6.45, 7) is 2.66. The highest BCUT2D eigenvalue weighted by Crippen LogP contribution is 2.23. The van der Waals surface area contributed by atoms with Crippen LogP contribution in [-0.2, 0) is 20.8 Å². The number of non-ortho nitro benzene ring substituents is 1. The Hall–Kier alpha value is -3.46. The molecule has 0 aliphatic heterocycles. The van der Waals surface area contributed by atoms with Crippen LogP contribution in [0.25, 0.3) is 0 Å². The summed E-state index contributed by atoms with van der Waals surface area (Å²) in [6.07, 6.45) is 0. The summed E-state index contributed by atoms with van der Waals surface area (Å²) in [5, 5.41) is 14.0. The highest BCUT2D eigenvalue weighted by atomic mass is 16.6. The predicted molar refractivity (Wildman–Crippen MR) is 111 cm³/mol. The van der Waals surface area contributed by atoms with Crippen LogP contribution in [0.15, 0.2) is 42.5 Å². The number of esters is 1. The lowest BCUT2D eigenvalue weighted by Crippen LogP contribution is -2.31. The van der Waals surface area contributed by atoms with Gasteiger partial charge in [0.25, 0.3) is 11.6 Å². The number of carbonyl (C=O) groups is 2. The minimum Gasteiger partial charge on any atom is -0.452 e. The number of amides is 1. The third-order valence-electron chi connectivity index (χ3n) is 4.35. The number of methoxy groups -OCH3 is 1. The summed E-state index contributed by atoms with van der Waals surface area (Å²) in [5.74, 6) is -1.21. The average molecular weight is 415 g/mol. The molecule has 0 spiro atoms. The van der Waals surface area contributed by atoms with Gasteiger partial charge in [-0.2, -0.15) is 0 Å². The van der Waals surface area contributed by atoms with E-state index in [4.69, 9.17) is 9.47 Å². The third-order valence-corrected chi connectivity index (χ3v) is 4.35. The van der Waals surface area contributed by atoms with E-state index in [-0.39, 0.29) is 17.2 Å². The lowest BCUT2D eigenvalue weighted by molar-refractivity contribution is -0.384. The van der Waals surface area contributed by atoms with Crippen LogP contribution in [-0.4, -0.2) is 55.6 Å². The molecule has 1 N–H and O–H groups in total. The fourth-order valence-electron chi connectivity index (χ4n) is 2.63. The van der Waals surface area contributed by atoms with Gasteiger partial charge in [0.1, 0.15) is 0 Å². The number of likely N-dealkylation sites (N-methyl/N-ethyl adjacent to an activating group) is 1. The first-order valence-electron chi connectivity index (χ1n) is 9.29. The van der Waals surface area contributed by atoms with Crippen LogP contribution in [0, 0.1) is 17.0 Å². The van der Waals surface area contributed by atoms with Crippen molar-refractivity contribution in [2.45, 2.75) is 13.5 Å². The number of hydrogen-bond donors (Lipinski definition) is 1. The quantitative estimate of drug-likeness (QED) is 0.275. The highest BCUT2D eigenvalue weighted by Gasteiger charge is 2.20. The SMILES string of the molecule is COCCNc1ccc([N+](=O)[O-])cc1C(=O)OCC(=O)N(C)Cc1ccc(C)cc1. The Morgan fingerprint density at radius 1 is 1.17 bits per heavy atom. The molecule has 9 nitrogen and oxygen atoms in total. The number of nitrogens with zero attached hydrogens (tertiary/aromatic N) is 2. The maximum absolute atomic E-state index is 12.5. The normalized spacial score (nSPS) is 10.4. The number of rotatable bonds is 10. The van der Waals surface area contributed by atoms with E-state index in [1.807, 2.05) is 31.2 Å². The van der Waals surface area contributed by atoms with Crippen molar-refractivity contribution in [3.8, 4) is 0 Å². The van der Waals surface area contributed by atoms with Crippen molar-refractivity contribution in [2.24, 2.45) is 0 Å². The molecule has 30 heavy (non-hydrogen) atoms. The van der Waals surface area contributed by atoms with E-state index in [1.165, 1.54) is 24.1 Å². The van der Waals surface area contributed by atoms with E-state index in [2.05, 4.69) is 5.32 Å². The predicted octanol–water partition coefficient (Wildman–Crippen LogP) is 2.78. The van der Waals surface area contributed by atoms with E-state index in [0.717, 1.165) is 17.2 Å². The molecule has 2 aromatic rings. The van der Waals surface area contributed by atoms with Crippen molar-refractivity contribution < 1.29 is 24.0 Å². The van der Waals surface area contributed by atoms with Gasteiger partial charge in [-0.3, -0.25) is 14.9 Å². The Bertz CT molecular complexity index is 898. The smallest absolute Gasteiger partial charge is 0.341 e. The second-order valence-corrected chi connectivity index (χ2v) is 6.72. The molecule has 160 valence electrons. The molecule has 0 heterocycles. The Morgan fingerprint density at radius 3 is 2.50 bits per heavy atom. The van der Waals surface area contributed by atoms with Crippen molar-refractivity contribution in [1.82, 2.24) is 4.90 Å². The van der Waals surface area contributed by atoms with Crippen molar-refractivity contribution in [1.29, 1.82) is 0 Å². The van der Waals surface area contributed by atoms with E-state index < -0.39 is 17.5 Å². The van der Waals surface area contributed by atoms with Gasteiger partial charge in [0, 0.05) is 45.1 Å². The summed E-state index contributed by atoms with van der Waals surface area (Å²) in [4.78, 5) is 36.7. The van der Waals surface area contributed by atoms with Gasteiger partial charge in [-0.25, -0.2) is 4.79 Å². The van der Waals surface area contributed by atoms with Gasteiger partial charge in [0.05, 0.1) is 17.1 Å². The third kappa shape index (κ3) is 6.56. The first-order chi connectivity index (χ1) is 14.3. The zero-order valence-corrected chi connectivity index (χ0v) is 17.2. The van der Waals surface area contributed by atoms with E-state index in [0.29, 0.717) is 25.4 Å². The lowest BCUT2D eigenvalue weighted by Gasteiger charge is -2.18. The minimum atomic E-state index is -0.823. The maximum atomic E-state index is 12.5. The van der Waals surface area contributed by atoms with Crippen LogP contribution in [0.1, 0.15) is 21.5 Å². The summed E-state index contributed by atoms with van der Waals surface area (Å²) < 4.78 is 10.1. The lowest BCUT2D eigenvalue weighted by atomic mass is 10.1. The molecular formula is C21H25N3O6. The summed E-state index contributed by atoms with van der Waals surface area (Å²) >= 11 is 0. The number of benzene rings is 2. The van der Waals surface area contributed by atoms with Crippen LogP contribution < -0.4 is 5.32 Å². The molecule has 9 heteroatoms. The largest absolute Gasteiger partial charge is 0.452 e. The van der Waals surface area contributed by atoms with Gasteiger partial charge >= 0.3 is 5.97 Å². The molecule has 0 saturated heterocycles. The van der Waals surface area contributed by atoms with Crippen molar-refractivity contribution in [3.63, 3.8) is 0 Å². The molecule has 0 unspecified atom stereocenters. The van der Waals surface area contributed by atoms with Gasteiger partial charge in [0.15, 0.2) is 6.61 Å². The second kappa shape index (κ2) is 10.9. The van der Waals surface area contributed by atoms with E-state index >= 15 is 0 Å². The van der Waals surface area contributed by atoms with Gasteiger partial charge in [-0.15, -0.1) is 0 Å². The first kappa shape index (κ1) is 22.8. The molecule has 0 aliphatic rings. The number of aryl methyl sites for hydroxylation is 1. The zero-order chi connectivity index (χ0) is 22.1. The van der Waals surface area contributed by atoms with Crippen molar-refractivity contribution in [2.75, 3.05) is 39.2 Å². The summed E-state index contributed by atoms with van der Waals surface area (Å²) in [5.41, 5.74) is 2.17. The maximum Gasteiger partial charge on any atom is 0.341 e. The average Bonchev–Trinajstić information content (AvgIpc) is 2.73. The van der Waals surface area contributed by atoms with Crippen LogP contribution >= 0.6 is 0 Å². The number of ether oxygens (including phenoxy) is 2. The standard InChI is InChI=1S/C21H25N3O6/c1-15-4-6-16(7-5-15)13-23(2)20(25)14-30-21(26)18-12-17(24(27)28)8-9-19(18)22-10-11-29-3/h4-9,12,22H,10-11,13-14H2,1-3H3. The summed E-state index contributed by atoms with van der Waals surface area (Å²) in [6, 6.07) is 11.6. The number of carbonyl (C=O) groups excluding carboxylic acids is 2. The van der Waals surface area contributed by atoms with Crippen LogP contribution in [0.3, 0.4) is 0 Å². The number of nitro benzene ring substituents is 1. The number of anilines is 1. The van der Waals surface area contributed by atoms with Gasteiger partial charge < -0.3 is 19.7 Å². The Balaban J connectivity index is 2.02. The molecule has 0 radical (unpaired) electrons. The number of hydrogen-bond acceptors (Lipinski definition) is 7. The Labute approximate surface area is 174 Å². The van der Waals surface area contributed by atoms with Gasteiger partial charge in [0.2, 0.25) is 0 Å². The Morgan fingerprint density at radius 2 is 1.87 bits per heavy atom. The van der Waals surface area contributed by atoms with Crippen molar-refractivity contribution in [3.05, 3.63) is 69.3 Å². The van der Waals surface area contributed by atoms with Crippen LogP contribution in [0.4, 0.5) is 11.4 Å². The molecular weight excluding hydrogens is 390 g/mol. The van der Waals surface area contributed by atoms with Crippen LogP contribution in [0.2, 0.25) is 0 Å². The first-order valence-corrected chi connectivity index (χ1v) is 9.29. The summed E-state index contributed by atoms with van der Waals surface area (Å²) in [7, 11) is 3.15. The number of nitro groups is 1. The zero-order valence-electron chi connectivity index (χ0n) is 17.2. The monoisotopic (exact) mass is 415 g/mol. The minimum absolute atomic E-state index is 0.0192. The molecule has 0 aromatic heterocycles. The fourth-order valence-corrected chi connectivity index (χ4v) is 2.63. The van der Waals surface area contributed by atoms with E-state index in [1.54, 1.807) is 7.05 Å². The number of nitrogens with one attached hydrogen (secondary N) is 1. The van der Waals surface area contributed by atoms with Crippen LogP contribution in [0.5, 0.6) is 0 Å². The van der Waals surface area contributed by atoms with Gasteiger partial charge in [-0.1, -0.05) is 29.8 Å². The molecule has 0 fully saturated rings. The fraction of sp³-hybridized carbons (Fsp3) is 0.333. The topological polar surface area (TPSA) is 111 Å².